The lowest BCUT2D eigenvalue weighted by Gasteiger charge is -2.48. The number of carboxylic acid groups (broad SMARTS) is 1. The maximum absolute atomic E-state index is 13.2. The molecule has 2 aliphatic rings. The molecule has 4 rings (SSSR count). The standard InChI is InChI=1S/C20H22N4O4/c21-20(8-11-25,18(26)27)17-13-4-1-2-6-15(13)24(16-7-3-5-14(16)17)19(28)23-10-9-22-12-23/h1-2,4,6,9-12,14,16-17H,3,5,7-8,21H2,(H,26,27). The monoisotopic (exact) mass is 382 g/mol. The minimum Gasteiger partial charge on any atom is -0.480 e. The molecule has 0 spiro atoms. The molecule has 28 heavy (non-hydrogen) atoms. The molecule has 1 amide bonds. The van der Waals surface area contributed by atoms with Crippen LogP contribution >= 0.6 is 0 Å². The summed E-state index contributed by atoms with van der Waals surface area (Å²) in [6.45, 7) is 0. The number of fused-ring (bicyclic) bond motifs is 2. The molecule has 3 N–H and O–H groups in total. The number of aromatic nitrogens is 2. The van der Waals surface area contributed by atoms with Crippen LogP contribution in [0.4, 0.5) is 10.5 Å². The SMILES string of the molecule is NC(CC=O)(C(=O)O)C1c2ccccc2N(C(=O)n2ccnc2)C2CCCC21. The zero-order valence-electron chi connectivity index (χ0n) is 15.3. The molecule has 1 fully saturated rings. The first-order chi connectivity index (χ1) is 13.5. The molecule has 8 nitrogen and oxygen atoms in total. The minimum atomic E-state index is -1.71. The van der Waals surface area contributed by atoms with Crippen molar-refractivity contribution in [2.75, 3.05) is 4.90 Å². The van der Waals surface area contributed by atoms with Crippen LogP contribution in [0.3, 0.4) is 0 Å². The molecule has 1 saturated carbocycles. The predicted molar refractivity (Wildman–Crippen MR) is 101 cm³/mol. The number of hydrogen-bond donors (Lipinski definition) is 2. The Kier molecular flexibility index (Phi) is 4.50. The number of benzene rings is 1. The van der Waals surface area contributed by atoms with E-state index in [0.717, 1.165) is 19.3 Å². The van der Waals surface area contributed by atoms with E-state index in [9.17, 15) is 19.5 Å². The Balaban J connectivity index is 1.89. The van der Waals surface area contributed by atoms with E-state index in [-0.39, 0.29) is 24.4 Å². The van der Waals surface area contributed by atoms with Crippen LogP contribution in [-0.2, 0) is 9.59 Å². The van der Waals surface area contributed by atoms with Gasteiger partial charge in [-0.05, 0) is 30.4 Å². The van der Waals surface area contributed by atoms with Gasteiger partial charge in [0.1, 0.15) is 18.2 Å². The van der Waals surface area contributed by atoms with Crippen molar-refractivity contribution in [3.63, 3.8) is 0 Å². The number of carboxylic acids is 1. The van der Waals surface area contributed by atoms with Crippen LogP contribution in [0.1, 0.15) is 37.2 Å². The number of carbonyl (C=O) groups excluding carboxylic acids is 2. The average Bonchev–Trinajstić information content (AvgIpc) is 3.37. The molecule has 0 radical (unpaired) electrons. The summed E-state index contributed by atoms with van der Waals surface area (Å²) in [5.74, 6) is -1.88. The van der Waals surface area contributed by atoms with Crippen LogP contribution in [0.25, 0.3) is 0 Å². The number of para-hydroxylation sites is 1. The molecular weight excluding hydrogens is 360 g/mol. The Bertz CT molecular complexity index is 913. The molecule has 0 saturated heterocycles. The van der Waals surface area contributed by atoms with E-state index in [1.807, 2.05) is 24.3 Å². The topological polar surface area (TPSA) is 119 Å². The predicted octanol–water partition coefficient (Wildman–Crippen LogP) is 1.99. The summed E-state index contributed by atoms with van der Waals surface area (Å²) >= 11 is 0. The second-order valence-corrected chi connectivity index (χ2v) is 7.54. The Labute approximate surface area is 162 Å². The Hall–Kier alpha value is -3.00. The third-order valence-corrected chi connectivity index (χ3v) is 6.13. The van der Waals surface area contributed by atoms with Gasteiger partial charge in [0.2, 0.25) is 0 Å². The van der Waals surface area contributed by atoms with Gasteiger partial charge in [-0.25, -0.2) is 9.78 Å². The molecule has 1 aromatic carbocycles. The van der Waals surface area contributed by atoms with Gasteiger partial charge in [-0.3, -0.25) is 14.3 Å². The van der Waals surface area contributed by atoms with E-state index in [4.69, 9.17) is 5.73 Å². The molecule has 4 atom stereocenters. The third kappa shape index (κ3) is 2.63. The third-order valence-electron chi connectivity index (χ3n) is 6.13. The van der Waals surface area contributed by atoms with Crippen molar-refractivity contribution in [3.05, 3.63) is 48.5 Å². The molecule has 8 heteroatoms. The first-order valence-electron chi connectivity index (χ1n) is 9.35. The van der Waals surface area contributed by atoms with Gasteiger partial charge in [0.15, 0.2) is 0 Å². The van der Waals surface area contributed by atoms with E-state index in [1.54, 1.807) is 17.3 Å². The van der Waals surface area contributed by atoms with Crippen molar-refractivity contribution < 1.29 is 19.5 Å². The number of nitrogens with two attached hydrogens (primary N) is 1. The normalized spacial score (nSPS) is 25.5. The molecular formula is C20H22N4O4. The highest BCUT2D eigenvalue weighted by molar-refractivity contribution is 5.96. The molecule has 2 heterocycles. The maximum Gasteiger partial charge on any atom is 0.334 e. The summed E-state index contributed by atoms with van der Waals surface area (Å²) < 4.78 is 1.42. The Morgan fingerprint density at radius 1 is 1.32 bits per heavy atom. The summed E-state index contributed by atoms with van der Waals surface area (Å²) in [6, 6.07) is 6.85. The molecule has 0 bridgehead atoms. The van der Waals surface area contributed by atoms with Crippen LogP contribution in [-0.4, -0.2) is 44.5 Å². The van der Waals surface area contributed by atoms with Crippen LogP contribution in [0, 0.1) is 5.92 Å². The first kappa shape index (κ1) is 18.4. The highest BCUT2D eigenvalue weighted by Gasteiger charge is 2.55. The number of aldehydes is 1. The number of hydrogen-bond acceptors (Lipinski definition) is 5. The molecule has 1 aliphatic heterocycles. The van der Waals surface area contributed by atoms with Crippen molar-refractivity contribution in [3.8, 4) is 0 Å². The smallest absolute Gasteiger partial charge is 0.334 e. The van der Waals surface area contributed by atoms with Gasteiger partial charge in [0.25, 0.3) is 0 Å². The zero-order valence-corrected chi connectivity index (χ0v) is 15.3. The molecule has 146 valence electrons. The lowest BCUT2D eigenvalue weighted by Crippen LogP contribution is -2.60. The Morgan fingerprint density at radius 3 is 2.79 bits per heavy atom. The molecule has 1 aliphatic carbocycles. The quantitative estimate of drug-likeness (QED) is 0.781. The second-order valence-electron chi connectivity index (χ2n) is 7.54. The number of rotatable bonds is 4. The van der Waals surface area contributed by atoms with E-state index in [0.29, 0.717) is 17.5 Å². The lowest BCUT2D eigenvalue weighted by molar-refractivity contribution is -0.146. The average molecular weight is 382 g/mol. The second kappa shape index (κ2) is 6.87. The van der Waals surface area contributed by atoms with Crippen LogP contribution in [0.15, 0.2) is 43.0 Å². The van der Waals surface area contributed by atoms with Gasteiger partial charge in [0, 0.05) is 36.5 Å². The summed E-state index contributed by atoms with van der Waals surface area (Å²) in [6.07, 6.45) is 7.26. The van der Waals surface area contributed by atoms with Gasteiger partial charge in [-0.15, -0.1) is 0 Å². The fourth-order valence-corrected chi connectivity index (χ4v) is 4.94. The number of amides is 1. The van der Waals surface area contributed by atoms with Gasteiger partial charge in [-0.2, -0.15) is 0 Å². The van der Waals surface area contributed by atoms with Crippen LogP contribution in [0.5, 0.6) is 0 Å². The molecule has 2 aromatic rings. The van der Waals surface area contributed by atoms with Crippen molar-refractivity contribution >= 4 is 24.0 Å². The van der Waals surface area contributed by atoms with Crippen molar-refractivity contribution in [1.29, 1.82) is 0 Å². The van der Waals surface area contributed by atoms with Crippen molar-refractivity contribution in [2.24, 2.45) is 11.7 Å². The van der Waals surface area contributed by atoms with Crippen LogP contribution in [0.2, 0.25) is 0 Å². The number of carbonyl (C=O) groups is 3. The zero-order chi connectivity index (χ0) is 19.9. The Morgan fingerprint density at radius 2 is 2.11 bits per heavy atom. The fourth-order valence-electron chi connectivity index (χ4n) is 4.94. The van der Waals surface area contributed by atoms with Gasteiger partial charge >= 0.3 is 12.0 Å². The largest absolute Gasteiger partial charge is 0.480 e. The minimum absolute atomic E-state index is 0.136. The highest BCUT2D eigenvalue weighted by Crippen LogP contribution is 2.53. The van der Waals surface area contributed by atoms with E-state index in [1.165, 1.54) is 10.9 Å². The van der Waals surface area contributed by atoms with Crippen molar-refractivity contribution in [2.45, 2.75) is 43.2 Å². The summed E-state index contributed by atoms with van der Waals surface area (Å²) in [7, 11) is 0. The van der Waals surface area contributed by atoms with Crippen molar-refractivity contribution in [1.82, 2.24) is 9.55 Å². The number of aliphatic carboxylic acids is 1. The number of imidazole rings is 1. The summed E-state index contributed by atoms with van der Waals surface area (Å²) in [5.41, 5.74) is 6.00. The van der Waals surface area contributed by atoms with E-state index in [2.05, 4.69) is 4.98 Å². The fraction of sp³-hybridized carbons (Fsp3) is 0.400. The summed E-state index contributed by atoms with van der Waals surface area (Å²) in [4.78, 5) is 42.3. The van der Waals surface area contributed by atoms with E-state index < -0.39 is 17.4 Å². The maximum atomic E-state index is 13.2. The lowest BCUT2D eigenvalue weighted by atomic mass is 9.66. The van der Waals surface area contributed by atoms with Crippen LogP contribution < -0.4 is 10.6 Å². The number of nitrogens with zero attached hydrogens (tertiary/aromatic N) is 3. The van der Waals surface area contributed by atoms with E-state index >= 15 is 0 Å². The van der Waals surface area contributed by atoms with Gasteiger partial charge in [0.05, 0.1) is 0 Å². The molecule has 1 aromatic heterocycles. The van der Waals surface area contributed by atoms with Gasteiger partial charge in [-0.1, -0.05) is 24.6 Å². The number of anilines is 1. The molecule has 4 unspecified atom stereocenters. The summed E-state index contributed by atoms with van der Waals surface area (Å²) in [5, 5.41) is 9.91. The highest BCUT2D eigenvalue weighted by atomic mass is 16.4. The van der Waals surface area contributed by atoms with Gasteiger partial charge < -0.3 is 15.6 Å². The first-order valence-corrected chi connectivity index (χ1v) is 9.35.